The number of aryl methyl sites for hydroxylation is 1. The molecule has 1 atom stereocenters. The number of methoxy groups -OCH3 is 1. The van der Waals surface area contributed by atoms with Gasteiger partial charge in [0, 0.05) is 19.7 Å². The van der Waals surface area contributed by atoms with E-state index < -0.39 is 18.2 Å². The minimum Gasteiger partial charge on any atom is -0.465 e. The molecule has 226 valence electrons. The Kier molecular flexibility index (Phi) is 7.90. The molecule has 0 bridgehead atoms. The first-order valence-corrected chi connectivity index (χ1v) is 13.9. The molecule has 1 unspecified atom stereocenters. The lowest BCUT2D eigenvalue weighted by Crippen LogP contribution is -2.34. The largest absolute Gasteiger partial charge is 0.519 e. The van der Waals surface area contributed by atoms with Crippen LogP contribution in [-0.2, 0) is 27.5 Å². The predicted molar refractivity (Wildman–Crippen MR) is 159 cm³/mol. The van der Waals surface area contributed by atoms with Crippen molar-refractivity contribution in [3.05, 3.63) is 106 Å². The van der Waals surface area contributed by atoms with Gasteiger partial charge in [-0.05, 0) is 42.7 Å². The van der Waals surface area contributed by atoms with E-state index >= 15 is 0 Å². The monoisotopic (exact) mass is 598 g/mol. The normalized spacial score (nSPS) is 14.5. The van der Waals surface area contributed by atoms with E-state index in [9.17, 15) is 9.59 Å². The third-order valence-corrected chi connectivity index (χ3v) is 7.25. The summed E-state index contributed by atoms with van der Waals surface area (Å²) in [6, 6.07) is 21.7. The van der Waals surface area contributed by atoms with Gasteiger partial charge in [-0.1, -0.05) is 59.8 Å². The number of para-hydroxylation sites is 1. The number of hydrogen-bond donors (Lipinski definition) is 0. The van der Waals surface area contributed by atoms with E-state index in [2.05, 4.69) is 10.1 Å². The van der Waals surface area contributed by atoms with Gasteiger partial charge in [0.1, 0.15) is 0 Å². The summed E-state index contributed by atoms with van der Waals surface area (Å²) < 4.78 is 28.4. The average Bonchev–Trinajstić information content (AvgIpc) is 3.69. The number of rotatable bonds is 10. The molecule has 0 saturated heterocycles. The fraction of sp³-hybridized carbons (Fsp3) is 0.250. The molecule has 3 aromatic carbocycles. The van der Waals surface area contributed by atoms with E-state index in [1.54, 1.807) is 26.2 Å². The smallest absolute Gasteiger partial charge is 0.465 e. The summed E-state index contributed by atoms with van der Waals surface area (Å²) in [7, 11) is 3.44. The van der Waals surface area contributed by atoms with E-state index in [1.165, 1.54) is 0 Å². The Morgan fingerprint density at radius 2 is 1.77 bits per heavy atom. The molecule has 0 fully saturated rings. The second kappa shape index (κ2) is 12.1. The van der Waals surface area contributed by atoms with Gasteiger partial charge in [-0.25, -0.2) is 9.59 Å². The number of carbonyl (C=O) groups excluding carboxylic acids is 1. The van der Waals surface area contributed by atoms with Crippen LogP contribution in [0.5, 0.6) is 6.01 Å². The molecule has 0 amide bonds. The van der Waals surface area contributed by atoms with Crippen molar-refractivity contribution in [3.8, 4) is 17.1 Å². The first-order valence-electron chi connectivity index (χ1n) is 13.9. The summed E-state index contributed by atoms with van der Waals surface area (Å²) in [6.45, 7) is 3.96. The minimum absolute atomic E-state index is 0.151. The third kappa shape index (κ3) is 5.42. The summed E-state index contributed by atoms with van der Waals surface area (Å²) in [5, 5.41) is 4.24. The Morgan fingerprint density at radius 1 is 1.00 bits per heavy atom. The van der Waals surface area contributed by atoms with Crippen LogP contribution in [0.2, 0.25) is 0 Å². The topological polar surface area (TPSA) is 131 Å². The Balaban J connectivity index is 1.30. The van der Waals surface area contributed by atoms with Crippen molar-refractivity contribution in [3.63, 3.8) is 0 Å². The fourth-order valence-corrected chi connectivity index (χ4v) is 5.10. The Hall–Kier alpha value is -5.36. The summed E-state index contributed by atoms with van der Waals surface area (Å²) in [5.41, 5.74) is 5.30. The van der Waals surface area contributed by atoms with Crippen LogP contribution in [0.25, 0.3) is 22.2 Å². The van der Waals surface area contributed by atoms with Crippen molar-refractivity contribution in [2.24, 2.45) is 5.16 Å². The van der Waals surface area contributed by atoms with Crippen molar-refractivity contribution in [2.45, 2.75) is 33.4 Å². The molecule has 6 rings (SSSR count). The standard InChI is InChI=1S/C32H30N4O8/c1-5-40-30-33-25-12-8-11-24(29(37)41-18-26-19(2)42-32(38)43-26)27(25)36(30)17-20-13-15-21(16-14-20)22-9-6-7-10-23(22)28-34-44-31(39-4)35(28)3/h6-16,31H,5,17-18H2,1-4H3. The number of hydrogen-bond acceptors (Lipinski definition) is 11. The number of esters is 1. The maximum Gasteiger partial charge on any atom is 0.519 e. The maximum atomic E-state index is 13.2. The van der Waals surface area contributed by atoms with Crippen LogP contribution in [0, 0.1) is 6.92 Å². The summed E-state index contributed by atoms with van der Waals surface area (Å²) in [4.78, 5) is 36.5. The quantitative estimate of drug-likeness (QED) is 0.204. The summed E-state index contributed by atoms with van der Waals surface area (Å²) >= 11 is 0. The average molecular weight is 599 g/mol. The van der Waals surface area contributed by atoms with Crippen molar-refractivity contribution in [1.82, 2.24) is 14.5 Å². The molecule has 5 aromatic rings. The maximum absolute atomic E-state index is 13.2. The number of ether oxygens (including phenoxy) is 3. The van der Waals surface area contributed by atoms with E-state index in [0.29, 0.717) is 41.6 Å². The highest BCUT2D eigenvalue weighted by molar-refractivity contribution is 6.04. The van der Waals surface area contributed by atoms with E-state index in [-0.39, 0.29) is 18.1 Å². The molecule has 1 aliphatic rings. The van der Waals surface area contributed by atoms with Gasteiger partial charge < -0.3 is 27.9 Å². The van der Waals surface area contributed by atoms with E-state index in [0.717, 1.165) is 22.3 Å². The second-order valence-corrected chi connectivity index (χ2v) is 10.0. The SMILES string of the molecule is CCOc1nc2cccc(C(=O)OCc3oc(=O)oc3C)c2n1Cc1ccc(-c2ccccc2C2=NOC(OC)N2C)cc1. The van der Waals surface area contributed by atoms with Gasteiger partial charge in [0.15, 0.2) is 24.0 Å². The molecule has 1 aliphatic heterocycles. The highest BCUT2D eigenvalue weighted by atomic mass is 16.8. The van der Waals surface area contributed by atoms with E-state index in [1.807, 2.05) is 78.0 Å². The van der Waals surface area contributed by atoms with Crippen LogP contribution >= 0.6 is 0 Å². The number of nitrogens with zero attached hydrogens (tertiary/aromatic N) is 4. The molecule has 0 spiro atoms. The van der Waals surface area contributed by atoms with Crippen LogP contribution < -0.4 is 10.6 Å². The molecule has 0 saturated carbocycles. The molecule has 0 aliphatic carbocycles. The zero-order valence-electron chi connectivity index (χ0n) is 24.6. The summed E-state index contributed by atoms with van der Waals surface area (Å²) in [5.74, 6) is -0.371. The third-order valence-electron chi connectivity index (χ3n) is 7.25. The number of benzene rings is 3. The lowest BCUT2D eigenvalue weighted by atomic mass is 9.97. The van der Waals surface area contributed by atoms with Crippen LogP contribution in [0.3, 0.4) is 0 Å². The van der Waals surface area contributed by atoms with Gasteiger partial charge in [-0.15, -0.1) is 0 Å². The number of imidazole rings is 1. The zero-order valence-corrected chi connectivity index (χ0v) is 24.6. The van der Waals surface area contributed by atoms with Gasteiger partial charge >= 0.3 is 18.2 Å². The molecule has 2 aromatic heterocycles. The fourth-order valence-electron chi connectivity index (χ4n) is 5.10. The van der Waals surface area contributed by atoms with Crippen LogP contribution in [0.1, 0.15) is 39.9 Å². The molecule has 44 heavy (non-hydrogen) atoms. The van der Waals surface area contributed by atoms with Gasteiger partial charge in [-0.2, -0.15) is 4.98 Å². The van der Waals surface area contributed by atoms with Gasteiger partial charge in [0.25, 0.3) is 6.01 Å². The molecule has 12 heteroatoms. The molecule has 3 heterocycles. The highest BCUT2D eigenvalue weighted by Gasteiger charge is 2.29. The van der Waals surface area contributed by atoms with Crippen LogP contribution in [-0.4, -0.2) is 53.4 Å². The first kappa shape index (κ1) is 28.7. The predicted octanol–water partition coefficient (Wildman–Crippen LogP) is 4.92. The second-order valence-electron chi connectivity index (χ2n) is 10.0. The number of fused-ring (bicyclic) bond motifs is 1. The van der Waals surface area contributed by atoms with Crippen molar-refractivity contribution < 1.29 is 32.7 Å². The molecule has 12 nitrogen and oxygen atoms in total. The molecule has 0 radical (unpaired) electrons. The van der Waals surface area contributed by atoms with Gasteiger partial charge in [-0.3, -0.25) is 9.47 Å². The number of aromatic nitrogens is 2. The molecule has 0 N–H and O–H groups in total. The Labute approximate surface area is 252 Å². The van der Waals surface area contributed by atoms with Crippen LogP contribution in [0.4, 0.5) is 0 Å². The molecular weight excluding hydrogens is 568 g/mol. The van der Waals surface area contributed by atoms with Crippen LogP contribution in [0.15, 0.2) is 85.5 Å². The van der Waals surface area contributed by atoms with Crippen molar-refractivity contribution in [1.29, 1.82) is 0 Å². The first-order chi connectivity index (χ1) is 21.4. The number of oxime groups is 1. The highest BCUT2D eigenvalue weighted by Crippen LogP contribution is 2.30. The lowest BCUT2D eigenvalue weighted by molar-refractivity contribution is -0.161. The lowest BCUT2D eigenvalue weighted by Gasteiger charge is -2.20. The van der Waals surface area contributed by atoms with Crippen molar-refractivity contribution in [2.75, 3.05) is 20.8 Å². The van der Waals surface area contributed by atoms with Gasteiger partial charge in [0.2, 0.25) is 0 Å². The Bertz CT molecular complexity index is 1900. The Morgan fingerprint density at radius 3 is 2.45 bits per heavy atom. The van der Waals surface area contributed by atoms with E-state index in [4.69, 9.17) is 27.9 Å². The molecular formula is C32H30N4O8. The van der Waals surface area contributed by atoms with Crippen molar-refractivity contribution >= 4 is 22.8 Å². The number of amidine groups is 1. The summed E-state index contributed by atoms with van der Waals surface area (Å²) in [6.07, 6.45) is -0.581. The zero-order chi connectivity index (χ0) is 30.8. The minimum atomic E-state index is -0.849. The van der Waals surface area contributed by atoms with Gasteiger partial charge in [0.05, 0.1) is 29.7 Å². The number of carbonyl (C=O) groups is 1.